The topological polar surface area (TPSA) is 46.2 Å². The van der Waals surface area contributed by atoms with Crippen molar-refractivity contribution < 1.29 is 4.74 Å². The van der Waals surface area contributed by atoms with Crippen LogP contribution in [0, 0.1) is 0 Å². The second kappa shape index (κ2) is 7.97. The number of rotatable bonds is 7. The highest BCUT2D eigenvalue weighted by Gasteiger charge is 2.13. The predicted octanol–water partition coefficient (Wildman–Crippen LogP) is 5.96. The van der Waals surface area contributed by atoms with E-state index in [2.05, 4.69) is 28.2 Å². The Balaban J connectivity index is 2.16. The molecule has 3 rings (SSSR count). The van der Waals surface area contributed by atoms with Crippen molar-refractivity contribution in [2.24, 2.45) is 0 Å². The number of ether oxygens (including phenoxy) is 1. The Bertz CT molecular complexity index is 969. The number of nitrogens with one attached hydrogen (secondary N) is 2. The van der Waals surface area contributed by atoms with Crippen LogP contribution in [0.3, 0.4) is 0 Å². The lowest BCUT2D eigenvalue weighted by molar-refractivity contribution is 0.417. The molecule has 4 nitrogen and oxygen atoms in total. The van der Waals surface area contributed by atoms with E-state index in [0.29, 0.717) is 0 Å². The second-order valence-corrected chi connectivity index (χ2v) is 6.17. The van der Waals surface area contributed by atoms with Gasteiger partial charge in [0, 0.05) is 29.0 Å². The van der Waals surface area contributed by atoms with Crippen molar-refractivity contribution in [3.8, 4) is 5.75 Å². The lowest BCUT2D eigenvalue weighted by Gasteiger charge is -2.18. The quantitative estimate of drug-likeness (QED) is 0.507. The van der Waals surface area contributed by atoms with E-state index >= 15 is 0 Å². The minimum absolute atomic E-state index is 0.750. The summed E-state index contributed by atoms with van der Waals surface area (Å²) in [5.41, 5.74) is 5.39. The molecule has 26 heavy (non-hydrogen) atoms. The van der Waals surface area contributed by atoms with Gasteiger partial charge in [0.05, 0.1) is 29.7 Å². The van der Waals surface area contributed by atoms with Crippen LogP contribution in [-0.2, 0) is 0 Å². The molecule has 0 atom stereocenters. The first-order chi connectivity index (χ1) is 12.7. The molecule has 2 aromatic carbocycles. The molecule has 3 aromatic rings. The van der Waals surface area contributed by atoms with Crippen LogP contribution in [-0.4, -0.2) is 18.3 Å². The average Bonchev–Trinajstić information content (AvgIpc) is 2.68. The molecule has 2 N–H and O–H groups in total. The molecule has 0 aliphatic carbocycles. The molecular formula is C21H21N3OS. The molecule has 132 valence electrons. The van der Waals surface area contributed by atoms with Gasteiger partial charge in [-0.15, -0.1) is 0 Å². The van der Waals surface area contributed by atoms with E-state index in [9.17, 15) is 0 Å². The van der Waals surface area contributed by atoms with E-state index in [1.54, 1.807) is 19.3 Å². The SMILES string of the molecule is C=Cc1nc2ccccc2c(Nc2ccc(NSC)cc2OC)c1C=C. The summed E-state index contributed by atoms with van der Waals surface area (Å²) < 4.78 is 8.79. The third-order valence-electron chi connectivity index (χ3n) is 4.04. The Morgan fingerprint density at radius 3 is 2.62 bits per heavy atom. The molecule has 5 heteroatoms. The number of aromatic nitrogens is 1. The van der Waals surface area contributed by atoms with Crippen LogP contribution >= 0.6 is 11.9 Å². The molecule has 1 heterocycles. The van der Waals surface area contributed by atoms with E-state index in [1.165, 1.54) is 11.9 Å². The van der Waals surface area contributed by atoms with E-state index in [-0.39, 0.29) is 0 Å². The molecular weight excluding hydrogens is 342 g/mol. The number of anilines is 3. The van der Waals surface area contributed by atoms with Gasteiger partial charge >= 0.3 is 0 Å². The maximum Gasteiger partial charge on any atom is 0.144 e. The van der Waals surface area contributed by atoms with Gasteiger partial charge in [-0.05, 0) is 24.3 Å². The molecule has 1 aromatic heterocycles. The maximum absolute atomic E-state index is 5.57. The van der Waals surface area contributed by atoms with Gasteiger partial charge in [-0.1, -0.05) is 49.4 Å². The summed E-state index contributed by atoms with van der Waals surface area (Å²) in [6, 6.07) is 14.0. The molecule has 0 saturated carbocycles. The highest BCUT2D eigenvalue weighted by molar-refractivity contribution is 7.99. The van der Waals surface area contributed by atoms with Crippen LogP contribution in [0.4, 0.5) is 17.1 Å². The summed E-state index contributed by atoms with van der Waals surface area (Å²) >= 11 is 1.54. The number of benzene rings is 2. The van der Waals surface area contributed by atoms with E-state index in [0.717, 1.165) is 45.0 Å². The number of fused-ring (bicyclic) bond motifs is 1. The first-order valence-corrected chi connectivity index (χ1v) is 9.36. The van der Waals surface area contributed by atoms with E-state index in [4.69, 9.17) is 4.74 Å². The third-order valence-corrected chi connectivity index (χ3v) is 4.48. The van der Waals surface area contributed by atoms with Gasteiger partial charge in [-0.2, -0.15) is 0 Å². The number of methoxy groups -OCH3 is 1. The number of pyridine rings is 1. The third kappa shape index (κ3) is 3.39. The lowest BCUT2D eigenvalue weighted by Crippen LogP contribution is -2.01. The summed E-state index contributed by atoms with van der Waals surface area (Å²) in [6.45, 7) is 7.84. The van der Waals surface area contributed by atoms with Crippen LogP contribution in [0.1, 0.15) is 11.3 Å². The largest absolute Gasteiger partial charge is 0.494 e. The Morgan fingerprint density at radius 1 is 1.12 bits per heavy atom. The molecule has 0 spiro atoms. The van der Waals surface area contributed by atoms with Gasteiger partial charge in [0.15, 0.2) is 0 Å². The zero-order chi connectivity index (χ0) is 18.5. The molecule has 0 aliphatic rings. The maximum atomic E-state index is 5.57. The predicted molar refractivity (Wildman–Crippen MR) is 115 cm³/mol. The molecule has 0 amide bonds. The zero-order valence-corrected chi connectivity index (χ0v) is 15.7. The van der Waals surface area contributed by atoms with E-state index < -0.39 is 0 Å². The molecule has 0 fully saturated rings. The fraction of sp³-hybridized carbons (Fsp3) is 0.0952. The lowest BCUT2D eigenvalue weighted by atomic mass is 10.0. The monoisotopic (exact) mass is 363 g/mol. The molecule has 0 saturated heterocycles. The standard InChI is InChI=1S/C21H21N3OS/c1-5-15-17(6-2)22-18-10-8-7-9-16(18)21(15)23-19-12-11-14(24-26-4)13-20(19)25-3/h5-13,24H,1-2H2,3-4H3,(H,22,23). The Hall–Kier alpha value is -2.92. The highest BCUT2D eigenvalue weighted by Crippen LogP contribution is 2.36. The first-order valence-electron chi connectivity index (χ1n) is 8.13. The van der Waals surface area contributed by atoms with Crippen molar-refractivity contribution in [1.29, 1.82) is 0 Å². The van der Waals surface area contributed by atoms with Gasteiger partial charge < -0.3 is 14.8 Å². The number of hydrogen-bond donors (Lipinski definition) is 2. The van der Waals surface area contributed by atoms with Crippen LogP contribution in [0.25, 0.3) is 23.1 Å². The van der Waals surface area contributed by atoms with Gasteiger partial charge in [-0.25, -0.2) is 4.98 Å². The molecule has 0 radical (unpaired) electrons. The molecule has 0 unspecified atom stereocenters. The van der Waals surface area contributed by atoms with Crippen molar-refractivity contribution in [2.75, 3.05) is 23.4 Å². The minimum atomic E-state index is 0.750. The fourth-order valence-electron chi connectivity index (χ4n) is 2.85. The normalized spacial score (nSPS) is 10.4. The Labute approximate surface area is 158 Å². The summed E-state index contributed by atoms with van der Waals surface area (Å²) in [4.78, 5) is 4.67. The Morgan fingerprint density at radius 2 is 1.92 bits per heavy atom. The van der Waals surface area contributed by atoms with Gasteiger partial charge in [0.1, 0.15) is 5.75 Å². The number of hydrogen-bond acceptors (Lipinski definition) is 5. The molecule has 0 aliphatic heterocycles. The molecule has 0 bridgehead atoms. The van der Waals surface area contributed by atoms with Crippen molar-refractivity contribution in [2.45, 2.75) is 0 Å². The second-order valence-electron chi connectivity index (χ2n) is 5.56. The average molecular weight is 363 g/mol. The minimum Gasteiger partial charge on any atom is -0.494 e. The summed E-state index contributed by atoms with van der Waals surface area (Å²) in [6.07, 6.45) is 5.53. The number of nitrogens with zero attached hydrogens (tertiary/aromatic N) is 1. The zero-order valence-electron chi connectivity index (χ0n) is 14.9. The van der Waals surface area contributed by atoms with E-state index in [1.807, 2.05) is 48.7 Å². The summed E-state index contributed by atoms with van der Waals surface area (Å²) in [5, 5.41) is 4.53. The van der Waals surface area contributed by atoms with Crippen molar-refractivity contribution in [3.63, 3.8) is 0 Å². The Kier molecular flexibility index (Phi) is 5.49. The smallest absolute Gasteiger partial charge is 0.144 e. The summed E-state index contributed by atoms with van der Waals surface area (Å²) in [7, 11) is 1.66. The van der Waals surface area contributed by atoms with Crippen LogP contribution in [0.2, 0.25) is 0 Å². The first kappa shape index (κ1) is 17.9. The van der Waals surface area contributed by atoms with Crippen molar-refractivity contribution in [1.82, 2.24) is 4.98 Å². The van der Waals surface area contributed by atoms with Crippen LogP contribution in [0.5, 0.6) is 5.75 Å². The summed E-state index contributed by atoms with van der Waals surface area (Å²) in [5.74, 6) is 0.750. The van der Waals surface area contributed by atoms with Gasteiger partial charge in [-0.3, -0.25) is 0 Å². The number of para-hydroxylation sites is 1. The van der Waals surface area contributed by atoms with Crippen LogP contribution < -0.4 is 14.8 Å². The van der Waals surface area contributed by atoms with Gasteiger partial charge in [0.2, 0.25) is 0 Å². The van der Waals surface area contributed by atoms with Crippen molar-refractivity contribution in [3.05, 3.63) is 66.9 Å². The highest BCUT2D eigenvalue weighted by atomic mass is 32.2. The van der Waals surface area contributed by atoms with Crippen LogP contribution in [0.15, 0.2) is 55.6 Å². The van der Waals surface area contributed by atoms with Crippen molar-refractivity contribution >= 4 is 52.1 Å². The fourth-order valence-corrected chi connectivity index (χ4v) is 3.22. The van der Waals surface area contributed by atoms with Gasteiger partial charge in [0.25, 0.3) is 0 Å².